The molecule has 2 unspecified atom stereocenters. The highest BCUT2D eigenvalue weighted by atomic mass is 79.9. The van der Waals surface area contributed by atoms with Crippen LogP contribution in [0.5, 0.6) is 23.4 Å². The molecule has 0 aliphatic heterocycles. The van der Waals surface area contributed by atoms with Crippen LogP contribution in [0, 0.1) is 5.82 Å². The van der Waals surface area contributed by atoms with E-state index in [2.05, 4.69) is 20.9 Å². The number of rotatable bonds is 12. The number of hydrogen-bond donors (Lipinski definition) is 1. The fraction of sp³-hybridized carbons (Fsp3) is 0.375. The van der Waals surface area contributed by atoms with Gasteiger partial charge in [-0.25, -0.2) is 9.37 Å². The van der Waals surface area contributed by atoms with Crippen LogP contribution in [0.15, 0.2) is 59.1 Å². The molecule has 0 radical (unpaired) electrons. The largest absolute Gasteiger partial charge is 0.494 e. The standard InChI is InChI=1S/C32H37BrFN3O5/c1-19(2)42-28-18-21(17-27(36-28)40-6)32(38,13-14-37(3)4)29(23-9-8-10-26(39-5)30(23)34)24-16-20-15-22(33)11-12-25(20)35-31(24)41-7/h8-12,15-19,29,38H,13-14H2,1-7H3. The predicted molar refractivity (Wildman–Crippen MR) is 164 cm³/mol. The number of halogens is 2. The summed E-state index contributed by atoms with van der Waals surface area (Å²) >= 11 is 3.54. The van der Waals surface area contributed by atoms with Gasteiger partial charge in [-0.05, 0) is 70.3 Å². The zero-order valence-electron chi connectivity index (χ0n) is 24.9. The summed E-state index contributed by atoms with van der Waals surface area (Å²) in [5.41, 5.74) is 0.122. The van der Waals surface area contributed by atoms with E-state index < -0.39 is 17.3 Å². The van der Waals surface area contributed by atoms with E-state index >= 15 is 4.39 Å². The summed E-state index contributed by atoms with van der Waals surface area (Å²) in [4.78, 5) is 11.2. The van der Waals surface area contributed by atoms with Crippen molar-refractivity contribution in [3.8, 4) is 23.4 Å². The monoisotopic (exact) mass is 641 g/mol. The lowest BCUT2D eigenvalue weighted by atomic mass is 9.71. The van der Waals surface area contributed by atoms with Gasteiger partial charge in [0.05, 0.1) is 38.9 Å². The third-order valence-corrected chi connectivity index (χ3v) is 7.55. The Kier molecular flexibility index (Phi) is 9.91. The molecular formula is C32H37BrFN3O5. The van der Waals surface area contributed by atoms with Crippen molar-refractivity contribution in [1.29, 1.82) is 0 Å². The van der Waals surface area contributed by atoms with Crippen molar-refractivity contribution in [1.82, 2.24) is 14.9 Å². The van der Waals surface area contributed by atoms with Crippen molar-refractivity contribution < 1.29 is 28.4 Å². The van der Waals surface area contributed by atoms with Crippen molar-refractivity contribution in [3.05, 3.63) is 81.6 Å². The van der Waals surface area contributed by atoms with Crippen molar-refractivity contribution in [3.63, 3.8) is 0 Å². The first-order valence-electron chi connectivity index (χ1n) is 13.6. The normalized spacial score (nSPS) is 13.7. The first-order valence-corrected chi connectivity index (χ1v) is 14.4. The number of aliphatic hydroxyl groups is 1. The van der Waals surface area contributed by atoms with E-state index in [4.69, 9.17) is 23.9 Å². The van der Waals surface area contributed by atoms with Crippen LogP contribution in [0.2, 0.25) is 0 Å². The molecule has 224 valence electrons. The van der Waals surface area contributed by atoms with E-state index in [1.165, 1.54) is 21.3 Å². The summed E-state index contributed by atoms with van der Waals surface area (Å²) in [5, 5.41) is 13.8. The Labute approximate surface area is 254 Å². The highest BCUT2D eigenvalue weighted by Crippen LogP contribution is 2.49. The lowest BCUT2D eigenvalue weighted by Gasteiger charge is -2.39. The van der Waals surface area contributed by atoms with Gasteiger partial charge in [0.1, 0.15) is 5.60 Å². The van der Waals surface area contributed by atoms with Gasteiger partial charge in [0.25, 0.3) is 0 Å². The summed E-state index contributed by atoms with van der Waals surface area (Å²) in [5.74, 6) is -0.746. The zero-order chi connectivity index (χ0) is 30.6. The van der Waals surface area contributed by atoms with E-state index in [0.29, 0.717) is 23.2 Å². The predicted octanol–water partition coefficient (Wildman–Crippen LogP) is 6.32. The van der Waals surface area contributed by atoms with E-state index in [-0.39, 0.29) is 41.5 Å². The maximum atomic E-state index is 16.3. The van der Waals surface area contributed by atoms with Crippen LogP contribution in [0.1, 0.15) is 42.9 Å². The highest BCUT2D eigenvalue weighted by molar-refractivity contribution is 9.10. The number of pyridine rings is 2. The Morgan fingerprint density at radius 3 is 2.31 bits per heavy atom. The Morgan fingerprint density at radius 2 is 1.67 bits per heavy atom. The van der Waals surface area contributed by atoms with Crippen molar-refractivity contribution in [2.45, 2.75) is 37.9 Å². The number of hydrogen-bond acceptors (Lipinski definition) is 8. The zero-order valence-corrected chi connectivity index (χ0v) is 26.5. The smallest absolute Gasteiger partial charge is 0.217 e. The van der Waals surface area contributed by atoms with Gasteiger partial charge in [-0.2, -0.15) is 4.98 Å². The second-order valence-corrected chi connectivity index (χ2v) is 11.5. The number of aromatic nitrogens is 2. The van der Waals surface area contributed by atoms with Gasteiger partial charge in [-0.1, -0.05) is 28.1 Å². The molecule has 0 spiro atoms. The first kappa shape index (κ1) is 31.5. The molecule has 42 heavy (non-hydrogen) atoms. The van der Waals surface area contributed by atoms with Crippen LogP contribution in [0.3, 0.4) is 0 Å². The van der Waals surface area contributed by atoms with E-state index in [0.717, 1.165) is 9.86 Å². The molecule has 0 aliphatic rings. The minimum Gasteiger partial charge on any atom is -0.494 e. The third kappa shape index (κ3) is 6.61. The number of methoxy groups -OCH3 is 3. The van der Waals surface area contributed by atoms with Gasteiger partial charge < -0.3 is 29.0 Å². The molecule has 2 atom stereocenters. The highest BCUT2D eigenvalue weighted by Gasteiger charge is 2.44. The topological polar surface area (TPSA) is 86.2 Å². The quantitative estimate of drug-likeness (QED) is 0.192. The Bertz CT molecular complexity index is 1550. The molecule has 4 aromatic rings. The van der Waals surface area contributed by atoms with Crippen LogP contribution >= 0.6 is 15.9 Å². The second kappa shape index (κ2) is 13.2. The number of benzene rings is 2. The number of nitrogens with zero attached hydrogens (tertiary/aromatic N) is 3. The van der Waals surface area contributed by atoms with Crippen LogP contribution in [-0.4, -0.2) is 68.0 Å². The molecule has 0 fully saturated rings. The molecule has 2 heterocycles. The molecule has 0 saturated carbocycles. The minimum atomic E-state index is -1.72. The molecule has 8 nitrogen and oxygen atoms in total. The number of ether oxygens (including phenoxy) is 4. The van der Waals surface area contributed by atoms with E-state index in [1.54, 1.807) is 30.3 Å². The average Bonchev–Trinajstić information content (AvgIpc) is 2.96. The summed E-state index contributed by atoms with van der Waals surface area (Å²) in [6, 6.07) is 15.8. The van der Waals surface area contributed by atoms with Crippen molar-refractivity contribution >= 4 is 26.8 Å². The van der Waals surface area contributed by atoms with Gasteiger partial charge in [0.15, 0.2) is 11.6 Å². The maximum Gasteiger partial charge on any atom is 0.217 e. The average molecular weight is 643 g/mol. The second-order valence-electron chi connectivity index (χ2n) is 10.6. The lowest BCUT2D eigenvalue weighted by molar-refractivity contribution is 0.00219. The van der Waals surface area contributed by atoms with Gasteiger partial charge in [-0.3, -0.25) is 0 Å². The summed E-state index contributed by atoms with van der Waals surface area (Å²) in [6.07, 6.45) is 0.0251. The molecule has 2 aromatic heterocycles. The van der Waals surface area contributed by atoms with Gasteiger partial charge >= 0.3 is 0 Å². The lowest BCUT2D eigenvalue weighted by Crippen LogP contribution is -2.38. The summed E-state index contributed by atoms with van der Waals surface area (Å²) < 4.78 is 39.8. The molecule has 0 amide bonds. The minimum absolute atomic E-state index is 0.0547. The SMILES string of the molecule is COc1cc(C(O)(CCN(C)C)C(c2cc3cc(Br)ccc3nc2OC)c2cccc(OC)c2F)cc(OC(C)C)n1. The van der Waals surface area contributed by atoms with E-state index in [9.17, 15) is 5.11 Å². The van der Waals surface area contributed by atoms with Crippen LogP contribution in [0.25, 0.3) is 10.9 Å². The molecule has 0 bridgehead atoms. The molecule has 2 aromatic carbocycles. The first-order chi connectivity index (χ1) is 20.0. The summed E-state index contributed by atoms with van der Waals surface area (Å²) in [7, 11) is 8.25. The molecule has 4 rings (SSSR count). The van der Waals surface area contributed by atoms with Crippen LogP contribution in [-0.2, 0) is 5.60 Å². The Morgan fingerprint density at radius 1 is 0.929 bits per heavy atom. The van der Waals surface area contributed by atoms with Gasteiger partial charge in [0.2, 0.25) is 17.6 Å². The molecular weight excluding hydrogens is 605 g/mol. The van der Waals surface area contributed by atoms with Crippen LogP contribution in [0.4, 0.5) is 4.39 Å². The maximum absolute atomic E-state index is 16.3. The third-order valence-electron chi connectivity index (χ3n) is 7.06. The number of fused-ring (bicyclic) bond motifs is 1. The van der Waals surface area contributed by atoms with Crippen molar-refractivity contribution in [2.24, 2.45) is 0 Å². The Balaban J connectivity index is 2.11. The van der Waals surface area contributed by atoms with E-state index in [1.807, 2.05) is 57.1 Å². The fourth-order valence-electron chi connectivity index (χ4n) is 5.09. The van der Waals surface area contributed by atoms with Gasteiger partial charge in [-0.15, -0.1) is 0 Å². The molecule has 10 heteroatoms. The van der Waals surface area contributed by atoms with Gasteiger partial charge in [0, 0.05) is 39.7 Å². The molecule has 1 N–H and O–H groups in total. The molecule has 0 aliphatic carbocycles. The Hall–Kier alpha value is -3.47. The van der Waals surface area contributed by atoms with Crippen LogP contribution < -0.4 is 18.9 Å². The fourth-order valence-corrected chi connectivity index (χ4v) is 5.47. The molecule has 0 saturated heterocycles. The van der Waals surface area contributed by atoms with Crippen molar-refractivity contribution in [2.75, 3.05) is 42.0 Å². The summed E-state index contributed by atoms with van der Waals surface area (Å²) in [6.45, 7) is 4.24.